The van der Waals surface area contributed by atoms with Crippen molar-refractivity contribution < 1.29 is 22.4 Å². The number of rotatable bonds is 5. The highest BCUT2D eigenvalue weighted by Crippen LogP contribution is 2.31. The van der Waals surface area contributed by atoms with E-state index in [1.54, 1.807) is 12.1 Å². The summed E-state index contributed by atoms with van der Waals surface area (Å²) in [6.45, 7) is 2.79. The lowest BCUT2D eigenvalue weighted by molar-refractivity contribution is -0.274. The van der Waals surface area contributed by atoms with Gasteiger partial charge < -0.3 is 14.6 Å². The summed E-state index contributed by atoms with van der Waals surface area (Å²) >= 11 is 3.06. The van der Waals surface area contributed by atoms with Crippen LogP contribution in [0.25, 0.3) is 0 Å². The van der Waals surface area contributed by atoms with Gasteiger partial charge in [0.2, 0.25) is 0 Å². The smallest absolute Gasteiger partial charge is 0.405 e. The van der Waals surface area contributed by atoms with E-state index in [-0.39, 0.29) is 10.2 Å². The molecule has 8 heteroatoms. The van der Waals surface area contributed by atoms with Crippen LogP contribution in [0, 0.1) is 6.92 Å². The normalized spacial score (nSPS) is 11.7. The standard InChI is InChI=1S/C13H12BrF3N2O2/c1-8-4-10(21-19-8)7-18-6-9-2-3-12(11(14)5-9)20-13(15,16)17/h2-5,18H,6-7H2,1H3. The molecule has 0 aliphatic rings. The quantitative estimate of drug-likeness (QED) is 0.872. The minimum Gasteiger partial charge on any atom is -0.405 e. The van der Waals surface area contributed by atoms with Gasteiger partial charge in [-0.05, 0) is 40.5 Å². The van der Waals surface area contributed by atoms with Gasteiger partial charge in [0.25, 0.3) is 0 Å². The van der Waals surface area contributed by atoms with Crippen LogP contribution in [-0.4, -0.2) is 11.5 Å². The van der Waals surface area contributed by atoms with Gasteiger partial charge in [-0.1, -0.05) is 11.2 Å². The van der Waals surface area contributed by atoms with Crippen molar-refractivity contribution >= 4 is 15.9 Å². The fourth-order valence-corrected chi connectivity index (χ4v) is 2.20. The van der Waals surface area contributed by atoms with Crippen molar-refractivity contribution in [1.82, 2.24) is 10.5 Å². The molecule has 1 aromatic heterocycles. The molecule has 1 aromatic carbocycles. The van der Waals surface area contributed by atoms with Gasteiger partial charge in [0, 0.05) is 12.6 Å². The van der Waals surface area contributed by atoms with Gasteiger partial charge >= 0.3 is 6.36 Å². The Morgan fingerprint density at radius 2 is 2.05 bits per heavy atom. The number of aromatic nitrogens is 1. The largest absolute Gasteiger partial charge is 0.573 e. The lowest BCUT2D eigenvalue weighted by Crippen LogP contribution is -2.17. The minimum absolute atomic E-state index is 0.245. The number of hydrogen-bond donors (Lipinski definition) is 1. The Morgan fingerprint density at radius 3 is 2.62 bits per heavy atom. The molecule has 2 aromatic rings. The van der Waals surface area contributed by atoms with Crippen LogP contribution in [0.3, 0.4) is 0 Å². The average Bonchev–Trinajstić information content (AvgIpc) is 2.77. The fourth-order valence-electron chi connectivity index (χ4n) is 1.69. The third-order valence-electron chi connectivity index (χ3n) is 2.53. The van der Waals surface area contributed by atoms with Crippen LogP contribution in [0.15, 0.2) is 33.3 Å². The first-order valence-corrected chi connectivity index (χ1v) is 6.80. The van der Waals surface area contributed by atoms with Crippen molar-refractivity contribution in [1.29, 1.82) is 0 Å². The van der Waals surface area contributed by atoms with Gasteiger partial charge in [0.05, 0.1) is 16.7 Å². The molecular weight excluding hydrogens is 353 g/mol. The van der Waals surface area contributed by atoms with E-state index in [1.165, 1.54) is 6.07 Å². The van der Waals surface area contributed by atoms with Gasteiger partial charge in [-0.2, -0.15) is 0 Å². The number of aryl methyl sites for hydroxylation is 1. The van der Waals surface area contributed by atoms with Crippen LogP contribution in [0.5, 0.6) is 5.75 Å². The molecule has 114 valence electrons. The first kappa shape index (κ1) is 15.8. The molecule has 0 spiro atoms. The van der Waals surface area contributed by atoms with E-state index in [0.29, 0.717) is 18.8 Å². The van der Waals surface area contributed by atoms with E-state index >= 15 is 0 Å². The molecule has 2 rings (SSSR count). The summed E-state index contributed by atoms with van der Waals surface area (Å²) in [6.07, 6.45) is -4.70. The van der Waals surface area contributed by atoms with Gasteiger partial charge in [-0.3, -0.25) is 0 Å². The molecular formula is C13H12BrF3N2O2. The van der Waals surface area contributed by atoms with E-state index in [2.05, 4.69) is 31.1 Å². The molecule has 0 atom stereocenters. The maximum absolute atomic E-state index is 12.1. The second kappa shape index (κ2) is 6.48. The van der Waals surface area contributed by atoms with E-state index < -0.39 is 6.36 Å². The summed E-state index contributed by atoms with van der Waals surface area (Å²) in [7, 11) is 0. The van der Waals surface area contributed by atoms with Gasteiger partial charge in [0.1, 0.15) is 5.75 Å². The molecule has 0 radical (unpaired) electrons. The second-order valence-electron chi connectivity index (χ2n) is 4.35. The maximum atomic E-state index is 12.1. The highest BCUT2D eigenvalue weighted by molar-refractivity contribution is 9.10. The Labute approximate surface area is 127 Å². The second-order valence-corrected chi connectivity index (χ2v) is 5.21. The molecule has 0 aliphatic carbocycles. The van der Waals surface area contributed by atoms with Gasteiger partial charge in [-0.15, -0.1) is 13.2 Å². The Morgan fingerprint density at radius 1 is 1.29 bits per heavy atom. The number of alkyl halides is 3. The minimum atomic E-state index is -4.70. The number of nitrogens with zero attached hydrogens (tertiary/aromatic N) is 1. The summed E-state index contributed by atoms with van der Waals surface area (Å²) in [6, 6.07) is 6.21. The van der Waals surface area contributed by atoms with Gasteiger partial charge in [0.15, 0.2) is 5.76 Å². The summed E-state index contributed by atoms with van der Waals surface area (Å²) in [5.74, 6) is 0.431. The molecule has 0 aliphatic heterocycles. The Bertz CT molecular complexity index is 614. The molecule has 0 saturated heterocycles. The van der Waals surface area contributed by atoms with Crippen molar-refractivity contribution in [3.05, 3.63) is 45.8 Å². The third-order valence-corrected chi connectivity index (χ3v) is 3.15. The zero-order valence-corrected chi connectivity index (χ0v) is 12.6. The number of nitrogens with one attached hydrogen (secondary N) is 1. The number of hydrogen-bond acceptors (Lipinski definition) is 4. The predicted molar refractivity (Wildman–Crippen MR) is 72.6 cm³/mol. The Kier molecular flexibility index (Phi) is 4.89. The van der Waals surface area contributed by atoms with E-state index in [1.807, 2.05) is 13.0 Å². The molecule has 0 saturated carbocycles. The first-order valence-electron chi connectivity index (χ1n) is 6.00. The van der Waals surface area contributed by atoms with Crippen LogP contribution in [0.1, 0.15) is 17.0 Å². The number of halogens is 4. The lowest BCUT2D eigenvalue weighted by atomic mass is 10.2. The number of ether oxygens (including phenoxy) is 1. The summed E-state index contributed by atoms with van der Waals surface area (Å²) in [5.41, 5.74) is 1.61. The van der Waals surface area contributed by atoms with Crippen molar-refractivity contribution in [3.8, 4) is 5.75 Å². The first-order chi connectivity index (χ1) is 9.83. The maximum Gasteiger partial charge on any atom is 0.573 e. The van der Waals surface area contributed by atoms with E-state index in [9.17, 15) is 13.2 Å². The topological polar surface area (TPSA) is 47.3 Å². The predicted octanol–water partition coefficient (Wildman–Crippen LogP) is 3.93. The van der Waals surface area contributed by atoms with E-state index in [0.717, 1.165) is 11.3 Å². The van der Waals surface area contributed by atoms with Crippen molar-refractivity contribution in [3.63, 3.8) is 0 Å². The molecule has 0 unspecified atom stereocenters. The molecule has 21 heavy (non-hydrogen) atoms. The van der Waals surface area contributed by atoms with Crippen LogP contribution >= 0.6 is 15.9 Å². The number of benzene rings is 1. The molecule has 1 heterocycles. The SMILES string of the molecule is Cc1cc(CNCc2ccc(OC(F)(F)F)c(Br)c2)on1. The van der Waals surface area contributed by atoms with Crippen LogP contribution in [0.4, 0.5) is 13.2 Å². The van der Waals surface area contributed by atoms with Crippen LogP contribution in [-0.2, 0) is 13.1 Å². The molecule has 0 bridgehead atoms. The third kappa shape index (κ3) is 5.05. The van der Waals surface area contributed by atoms with Crippen molar-refractivity contribution in [2.24, 2.45) is 0 Å². The summed E-state index contributed by atoms with van der Waals surface area (Å²) in [4.78, 5) is 0. The highest BCUT2D eigenvalue weighted by Gasteiger charge is 2.31. The summed E-state index contributed by atoms with van der Waals surface area (Å²) in [5, 5.41) is 6.87. The fraction of sp³-hybridized carbons (Fsp3) is 0.308. The molecule has 1 N–H and O–H groups in total. The molecule has 0 fully saturated rings. The van der Waals surface area contributed by atoms with Crippen LogP contribution < -0.4 is 10.1 Å². The Hall–Kier alpha value is -1.54. The highest BCUT2D eigenvalue weighted by atomic mass is 79.9. The molecule has 4 nitrogen and oxygen atoms in total. The molecule has 0 amide bonds. The van der Waals surface area contributed by atoms with Gasteiger partial charge in [-0.25, -0.2) is 0 Å². The van der Waals surface area contributed by atoms with Crippen molar-refractivity contribution in [2.75, 3.05) is 0 Å². The lowest BCUT2D eigenvalue weighted by Gasteiger charge is -2.11. The zero-order valence-electron chi connectivity index (χ0n) is 11.0. The zero-order chi connectivity index (χ0) is 15.5. The van der Waals surface area contributed by atoms with Crippen LogP contribution in [0.2, 0.25) is 0 Å². The monoisotopic (exact) mass is 364 g/mol. The Balaban J connectivity index is 1.91. The van der Waals surface area contributed by atoms with Crippen molar-refractivity contribution in [2.45, 2.75) is 26.4 Å². The average molecular weight is 365 g/mol. The summed E-state index contributed by atoms with van der Waals surface area (Å²) < 4.78 is 45.6. The van der Waals surface area contributed by atoms with E-state index in [4.69, 9.17) is 4.52 Å².